The highest BCUT2D eigenvalue weighted by molar-refractivity contribution is 9.10. The Morgan fingerprint density at radius 2 is 2.22 bits per heavy atom. The van der Waals surface area contributed by atoms with Crippen LogP contribution in [0, 0.1) is 0 Å². The standard InChI is InChI=1S/C13H11BrClNOS/c1-2-8-6-7-18-12(8)13(17)16-10-5-3-4-9(15)11(10)14/h3-7H,2H2,1H3,(H,16,17). The van der Waals surface area contributed by atoms with Crippen molar-refractivity contribution in [3.05, 3.63) is 49.6 Å². The summed E-state index contributed by atoms with van der Waals surface area (Å²) in [4.78, 5) is 12.9. The van der Waals surface area contributed by atoms with E-state index in [1.807, 2.05) is 24.4 Å². The number of benzene rings is 1. The van der Waals surface area contributed by atoms with Crippen LogP contribution < -0.4 is 5.32 Å². The monoisotopic (exact) mass is 343 g/mol. The number of hydrogen-bond donors (Lipinski definition) is 1. The van der Waals surface area contributed by atoms with Gasteiger partial charge in [-0.2, -0.15) is 0 Å². The number of amides is 1. The van der Waals surface area contributed by atoms with Crippen molar-refractivity contribution in [2.45, 2.75) is 13.3 Å². The van der Waals surface area contributed by atoms with Gasteiger partial charge < -0.3 is 5.32 Å². The van der Waals surface area contributed by atoms with E-state index in [0.717, 1.165) is 16.9 Å². The SMILES string of the molecule is CCc1ccsc1C(=O)Nc1cccc(Cl)c1Br. The van der Waals surface area contributed by atoms with Gasteiger partial charge in [-0.25, -0.2) is 0 Å². The Bertz CT molecular complexity index is 582. The van der Waals surface area contributed by atoms with Crippen LogP contribution in [0.15, 0.2) is 34.1 Å². The highest BCUT2D eigenvalue weighted by Gasteiger charge is 2.14. The fraction of sp³-hybridized carbons (Fsp3) is 0.154. The van der Waals surface area contributed by atoms with Gasteiger partial charge in [0.2, 0.25) is 0 Å². The molecule has 0 atom stereocenters. The van der Waals surface area contributed by atoms with Crippen LogP contribution in [0.2, 0.25) is 5.02 Å². The van der Waals surface area contributed by atoms with Crippen LogP contribution in [-0.2, 0) is 6.42 Å². The first-order valence-corrected chi connectivity index (χ1v) is 7.50. The van der Waals surface area contributed by atoms with Crippen LogP contribution in [-0.4, -0.2) is 5.91 Å². The van der Waals surface area contributed by atoms with E-state index in [1.165, 1.54) is 11.3 Å². The van der Waals surface area contributed by atoms with Gasteiger partial charge in [0, 0.05) is 0 Å². The van der Waals surface area contributed by atoms with Crippen molar-refractivity contribution >= 4 is 50.5 Å². The molecule has 5 heteroatoms. The minimum absolute atomic E-state index is 0.0928. The Morgan fingerprint density at radius 3 is 2.94 bits per heavy atom. The summed E-state index contributed by atoms with van der Waals surface area (Å²) in [6.45, 7) is 2.04. The van der Waals surface area contributed by atoms with E-state index >= 15 is 0 Å². The molecule has 0 aliphatic rings. The second kappa shape index (κ2) is 5.87. The predicted molar refractivity (Wildman–Crippen MR) is 80.8 cm³/mol. The lowest BCUT2D eigenvalue weighted by Crippen LogP contribution is -2.12. The quantitative estimate of drug-likeness (QED) is 0.836. The number of anilines is 1. The lowest BCUT2D eigenvalue weighted by Gasteiger charge is -2.08. The number of halogens is 2. The third-order valence-corrected chi connectivity index (χ3v) is 4.89. The van der Waals surface area contributed by atoms with E-state index in [0.29, 0.717) is 15.2 Å². The Morgan fingerprint density at radius 1 is 1.44 bits per heavy atom. The van der Waals surface area contributed by atoms with Gasteiger partial charge in [-0.15, -0.1) is 11.3 Å². The lowest BCUT2D eigenvalue weighted by atomic mass is 10.2. The minimum atomic E-state index is -0.0928. The summed E-state index contributed by atoms with van der Waals surface area (Å²) in [7, 11) is 0. The zero-order chi connectivity index (χ0) is 13.1. The molecular formula is C13H11BrClNOS. The number of aryl methyl sites for hydroxylation is 1. The molecule has 0 bridgehead atoms. The van der Waals surface area contributed by atoms with Gasteiger partial charge in [0.1, 0.15) is 0 Å². The van der Waals surface area contributed by atoms with Crippen molar-refractivity contribution in [1.82, 2.24) is 0 Å². The molecule has 18 heavy (non-hydrogen) atoms. The van der Waals surface area contributed by atoms with Crippen molar-refractivity contribution in [3.63, 3.8) is 0 Å². The zero-order valence-electron chi connectivity index (χ0n) is 9.67. The zero-order valence-corrected chi connectivity index (χ0v) is 12.8. The van der Waals surface area contributed by atoms with E-state index in [-0.39, 0.29) is 5.91 Å². The van der Waals surface area contributed by atoms with Crippen LogP contribution >= 0.6 is 38.9 Å². The smallest absolute Gasteiger partial charge is 0.266 e. The number of rotatable bonds is 3. The highest BCUT2D eigenvalue weighted by Crippen LogP contribution is 2.30. The molecule has 0 saturated heterocycles. The normalized spacial score (nSPS) is 10.4. The Labute approximate surface area is 123 Å². The summed E-state index contributed by atoms with van der Waals surface area (Å²) in [5.74, 6) is -0.0928. The maximum absolute atomic E-state index is 12.2. The summed E-state index contributed by atoms with van der Waals surface area (Å²) in [5.41, 5.74) is 1.75. The van der Waals surface area contributed by atoms with E-state index < -0.39 is 0 Å². The molecule has 1 N–H and O–H groups in total. The van der Waals surface area contributed by atoms with Gasteiger partial charge in [0.05, 0.1) is 20.1 Å². The molecule has 1 aromatic carbocycles. The molecular weight excluding hydrogens is 334 g/mol. The Balaban J connectivity index is 2.24. The minimum Gasteiger partial charge on any atom is -0.320 e. The van der Waals surface area contributed by atoms with E-state index in [9.17, 15) is 4.79 Å². The van der Waals surface area contributed by atoms with Gasteiger partial charge in [-0.3, -0.25) is 4.79 Å². The van der Waals surface area contributed by atoms with Gasteiger partial charge in [-0.1, -0.05) is 24.6 Å². The maximum Gasteiger partial charge on any atom is 0.266 e. The van der Waals surface area contributed by atoms with Crippen molar-refractivity contribution in [2.24, 2.45) is 0 Å². The van der Waals surface area contributed by atoms with Crippen LogP contribution in [0.5, 0.6) is 0 Å². The summed E-state index contributed by atoms with van der Waals surface area (Å²) >= 11 is 10.8. The summed E-state index contributed by atoms with van der Waals surface area (Å²) < 4.78 is 0.703. The third kappa shape index (κ3) is 2.76. The van der Waals surface area contributed by atoms with Gasteiger partial charge in [0.15, 0.2) is 0 Å². The number of hydrogen-bond acceptors (Lipinski definition) is 2. The van der Waals surface area contributed by atoms with Gasteiger partial charge in [0.25, 0.3) is 5.91 Å². The topological polar surface area (TPSA) is 29.1 Å². The number of carbonyl (C=O) groups excluding carboxylic acids is 1. The third-order valence-electron chi connectivity index (χ3n) is 2.53. The largest absolute Gasteiger partial charge is 0.320 e. The molecule has 2 rings (SSSR count). The first kappa shape index (κ1) is 13.6. The summed E-state index contributed by atoms with van der Waals surface area (Å²) in [6.07, 6.45) is 0.850. The van der Waals surface area contributed by atoms with E-state index in [2.05, 4.69) is 21.2 Å². The first-order chi connectivity index (χ1) is 8.63. The molecule has 0 aliphatic heterocycles. The molecule has 0 unspecified atom stereocenters. The second-order valence-corrected chi connectivity index (χ2v) is 5.80. The molecule has 1 amide bonds. The molecule has 0 saturated carbocycles. The number of carbonyl (C=O) groups is 1. The number of nitrogens with one attached hydrogen (secondary N) is 1. The van der Waals surface area contributed by atoms with Crippen molar-refractivity contribution in [2.75, 3.05) is 5.32 Å². The summed E-state index contributed by atoms with van der Waals surface area (Å²) in [6, 6.07) is 7.36. The Hall–Kier alpha value is -0.840. The van der Waals surface area contributed by atoms with Crippen LogP contribution in [0.25, 0.3) is 0 Å². The molecule has 94 valence electrons. The highest BCUT2D eigenvalue weighted by atomic mass is 79.9. The second-order valence-electron chi connectivity index (χ2n) is 3.68. The Kier molecular flexibility index (Phi) is 4.43. The van der Waals surface area contributed by atoms with E-state index in [4.69, 9.17) is 11.6 Å². The van der Waals surface area contributed by atoms with Crippen LogP contribution in [0.3, 0.4) is 0 Å². The van der Waals surface area contributed by atoms with Crippen molar-refractivity contribution in [1.29, 1.82) is 0 Å². The first-order valence-electron chi connectivity index (χ1n) is 5.45. The fourth-order valence-corrected chi connectivity index (χ4v) is 3.02. The van der Waals surface area contributed by atoms with Crippen LogP contribution in [0.4, 0.5) is 5.69 Å². The lowest BCUT2D eigenvalue weighted by molar-refractivity contribution is 0.102. The fourth-order valence-electron chi connectivity index (χ4n) is 1.59. The molecule has 0 spiro atoms. The molecule has 1 aromatic heterocycles. The average molecular weight is 345 g/mol. The van der Waals surface area contributed by atoms with Gasteiger partial charge >= 0.3 is 0 Å². The molecule has 1 heterocycles. The van der Waals surface area contributed by atoms with E-state index in [1.54, 1.807) is 12.1 Å². The predicted octanol–water partition coefficient (Wildman–Crippen LogP) is 4.98. The number of thiophene rings is 1. The maximum atomic E-state index is 12.2. The van der Waals surface area contributed by atoms with Gasteiger partial charge in [-0.05, 0) is 51.5 Å². The molecule has 2 aromatic rings. The molecule has 0 radical (unpaired) electrons. The molecule has 2 nitrogen and oxygen atoms in total. The summed E-state index contributed by atoms with van der Waals surface area (Å²) in [5, 5.41) is 5.38. The molecule has 0 aliphatic carbocycles. The van der Waals surface area contributed by atoms with Crippen molar-refractivity contribution in [3.8, 4) is 0 Å². The molecule has 0 fully saturated rings. The average Bonchev–Trinajstić information content (AvgIpc) is 2.83. The van der Waals surface area contributed by atoms with Crippen LogP contribution in [0.1, 0.15) is 22.2 Å². The van der Waals surface area contributed by atoms with Crippen molar-refractivity contribution < 1.29 is 4.79 Å².